The van der Waals surface area contributed by atoms with Crippen molar-refractivity contribution < 1.29 is 4.79 Å². The Hall–Kier alpha value is -2.05. The normalized spacial score (nSPS) is 18.9. The van der Waals surface area contributed by atoms with Crippen LogP contribution in [0.2, 0.25) is 0 Å². The summed E-state index contributed by atoms with van der Waals surface area (Å²) < 4.78 is 3.03. The van der Waals surface area contributed by atoms with Gasteiger partial charge in [0, 0.05) is 50.2 Å². The fraction of sp³-hybridized carbons (Fsp3) is 0.762. The molecule has 0 spiro atoms. The molecule has 156 valence electrons. The van der Waals surface area contributed by atoms with Gasteiger partial charge in [-0.25, -0.2) is 4.79 Å². The molecule has 0 atom stereocenters. The molecule has 1 aliphatic carbocycles. The summed E-state index contributed by atoms with van der Waals surface area (Å²) in [5.41, 5.74) is -0.509. The highest BCUT2D eigenvalue weighted by atomic mass is 16.2. The largest absolute Gasteiger partial charge is 0.356 e. The van der Waals surface area contributed by atoms with Gasteiger partial charge in [0.1, 0.15) is 5.82 Å². The molecule has 2 aliphatic rings. The molecule has 0 aromatic carbocycles. The Kier molecular flexibility index (Phi) is 6.30. The van der Waals surface area contributed by atoms with Gasteiger partial charge in [-0.15, -0.1) is 0 Å². The summed E-state index contributed by atoms with van der Waals surface area (Å²) in [6.45, 7) is 10.4. The number of rotatable bonds is 4. The molecule has 0 N–H and O–H groups in total. The molecule has 7 nitrogen and oxygen atoms in total. The molecule has 7 heteroatoms. The number of hydrogen-bond donors (Lipinski definition) is 0. The Labute approximate surface area is 166 Å². The van der Waals surface area contributed by atoms with Crippen LogP contribution in [0, 0.1) is 5.92 Å². The molecular weight excluding hydrogens is 356 g/mol. The summed E-state index contributed by atoms with van der Waals surface area (Å²) in [6.07, 6.45) is 5.18. The first-order valence-corrected chi connectivity index (χ1v) is 10.7. The van der Waals surface area contributed by atoms with E-state index in [-0.39, 0.29) is 35.2 Å². The van der Waals surface area contributed by atoms with Crippen LogP contribution in [-0.2, 0) is 4.79 Å². The molecule has 3 rings (SSSR count). The van der Waals surface area contributed by atoms with E-state index in [0.29, 0.717) is 18.9 Å². The Morgan fingerprint density at radius 3 is 2.14 bits per heavy atom. The monoisotopic (exact) mass is 390 g/mol. The van der Waals surface area contributed by atoms with Gasteiger partial charge in [0.25, 0.3) is 5.56 Å². The summed E-state index contributed by atoms with van der Waals surface area (Å²) in [5, 5.41) is 0. The maximum absolute atomic E-state index is 13.0. The van der Waals surface area contributed by atoms with Crippen molar-refractivity contribution >= 4 is 11.7 Å². The van der Waals surface area contributed by atoms with Crippen LogP contribution >= 0.6 is 0 Å². The molecule has 1 saturated carbocycles. The second-order valence-electron chi connectivity index (χ2n) is 8.70. The summed E-state index contributed by atoms with van der Waals surface area (Å²) >= 11 is 0. The van der Waals surface area contributed by atoms with Gasteiger partial charge in [-0.3, -0.25) is 18.7 Å². The second-order valence-corrected chi connectivity index (χ2v) is 8.70. The maximum Gasteiger partial charge on any atom is 0.333 e. The highest BCUT2D eigenvalue weighted by Gasteiger charge is 2.29. The molecule has 0 radical (unpaired) electrons. The molecule has 1 saturated heterocycles. The van der Waals surface area contributed by atoms with E-state index in [1.54, 1.807) is 10.6 Å². The van der Waals surface area contributed by atoms with E-state index in [9.17, 15) is 14.4 Å². The van der Waals surface area contributed by atoms with Crippen molar-refractivity contribution in [3.63, 3.8) is 0 Å². The van der Waals surface area contributed by atoms with E-state index in [2.05, 4.69) is 4.90 Å². The highest BCUT2D eigenvalue weighted by Crippen LogP contribution is 2.27. The van der Waals surface area contributed by atoms with E-state index in [4.69, 9.17) is 0 Å². The molecule has 1 aromatic heterocycles. The van der Waals surface area contributed by atoms with Crippen molar-refractivity contribution in [1.82, 2.24) is 14.0 Å². The quantitative estimate of drug-likeness (QED) is 0.792. The first-order valence-electron chi connectivity index (χ1n) is 10.7. The zero-order chi connectivity index (χ0) is 20.4. The molecule has 1 amide bonds. The molecular formula is C21H34N4O3. The number of carbonyl (C=O) groups is 1. The SMILES string of the molecule is CC(C)n1c(N2CCCN(C(=O)C3CCCC3)CC2)cc(=O)n(C(C)C)c1=O. The van der Waals surface area contributed by atoms with E-state index in [0.717, 1.165) is 45.2 Å². The fourth-order valence-electron chi connectivity index (χ4n) is 4.56. The van der Waals surface area contributed by atoms with Crippen molar-refractivity contribution in [3.8, 4) is 0 Å². The number of hydrogen-bond acceptors (Lipinski definition) is 4. The molecule has 2 fully saturated rings. The third kappa shape index (κ3) is 4.03. The Morgan fingerprint density at radius 2 is 1.54 bits per heavy atom. The van der Waals surface area contributed by atoms with Crippen LogP contribution < -0.4 is 16.1 Å². The maximum atomic E-state index is 13.0. The highest BCUT2D eigenvalue weighted by molar-refractivity contribution is 5.79. The van der Waals surface area contributed by atoms with Crippen LogP contribution in [0.4, 0.5) is 5.82 Å². The number of aromatic nitrogens is 2. The third-order valence-electron chi connectivity index (χ3n) is 6.02. The second kappa shape index (κ2) is 8.53. The van der Waals surface area contributed by atoms with Crippen LogP contribution in [0.3, 0.4) is 0 Å². The lowest BCUT2D eigenvalue weighted by Gasteiger charge is -2.29. The van der Waals surface area contributed by atoms with Crippen LogP contribution in [-0.4, -0.2) is 46.1 Å². The van der Waals surface area contributed by atoms with E-state index in [1.165, 1.54) is 4.57 Å². The molecule has 2 heterocycles. The predicted octanol–water partition coefficient (Wildman–Crippen LogP) is 2.40. The number of anilines is 1. The molecule has 1 aliphatic heterocycles. The number of nitrogens with zero attached hydrogens (tertiary/aromatic N) is 4. The molecule has 1 aromatic rings. The first-order chi connectivity index (χ1) is 13.3. The lowest BCUT2D eigenvalue weighted by Crippen LogP contribution is -2.45. The molecule has 0 bridgehead atoms. The van der Waals surface area contributed by atoms with Gasteiger partial charge >= 0.3 is 5.69 Å². The minimum absolute atomic E-state index is 0.0485. The summed E-state index contributed by atoms with van der Waals surface area (Å²) in [4.78, 5) is 42.5. The minimum atomic E-state index is -0.255. The number of carbonyl (C=O) groups excluding carboxylic acids is 1. The molecule has 0 unspecified atom stereocenters. The zero-order valence-electron chi connectivity index (χ0n) is 17.7. The lowest BCUT2D eigenvalue weighted by molar-refractivity contribution is -0.135. The Balaban J connectivity index is 1.86. The topological polar surface area (TPSA) is 67.5 Å². The average Bonchev–Trinajstić information content (AvgIpc) is 3.04. The van der Waals surface area contributed by atoms with Crippen molar-refractivity contribution in [2.75, 3.05) is 31.1 Å². The van der Waals surface area contributed by atoms with Gasteiger partial charge in [0.2, 0.25) is 5.91 Å². The van der Waals surface area contributed by atoms with Gasteiger partial charge in [0.05, 0.1) is 0 Å². The minimum Gasteiger partial charge on any atom is -0.356 e. The molecule has 28 heavy (non-hydrogen) atoms. The van der Waals surface area contributed by atoms with Crippen LogP contribution in [0.15, 0.2) is 15.7 Å². The Bertz CT molecular complexity index is 818. The fourth-order valence-corrected chi connectivity index (χ4v) is 4.56. The standard InChI is InChI=1S/C21H34N4O3/c1-15(2)24-18(14-19(26)25(16(3)4)21(24)28)22-10-7-11-23(13-12-22)20(27)17-8-5-6-9-17/h14-17H,5-13H2,1-4H3. The summed E-state index contributed by atoms with van der Waals surface area (Å²) in [6, 6.07) is 1.37. The van der Waals surface area contributed by atoms with Crippen molar-refractivity contribution in [1.29, 1.82) is 0 Å². The van der Waals surface area contributed by atoms with E-state index >= 15 is 0 Å². The van der Waals surface area contributed by atoms with Crippen LogP contribution in [0.1, 0.15) is 71.9 Å². The van der Waals surface area contributed by atoms with Crippen molar-refractivity contribution in [2.24, 2.45) is 5.92 Å². The van der Waals surface area contributed by atoms with E-state index < -0.39 is 0 Å². The predicted molar refractivity (Wildman–Crippen MR) is 111 cm³/mol. The van der Waals surface area contributed by atoms with Gasteiger partial charge < -0.3 is 9.80 Å². The van der Waals surface area contributed by atoms with Crippen molar-refractivity contribution in [2.45, 2.75) is 71.9 Å². The smallest absolute Gasteiger partial charge is 0.333 e. The van der Waals surface area contributed by atoms with Gasteiger partial charge in [0.15, 0.2) is 0 Å². The Morgan fingerprint density at radius 1 is 0.893 bits per heavy atom. The van der Waals surface area contributed by atoms with Gasteiger partial charge in [-0.05, 0) is 47.0 Å². The van der Waals surface area contributed by atoms with Crippen molar-refractivity contribution in [3.05, 3.63) is 26.9 Å². The first kappa shape index (κ1) is 20.7. The summed E-state index contributed by atoms with van der Waals surface area (Å²) in [5.74, 6) is 1.16. The summed E-state index contributed by atoms with van der Waals surface area (Å²) in [7, 11) is 0. The number of amides is 1. The van der Waals surface area contributed by atoms with Crippen LogP contribution in [0.25, 0.3) is 0 Å². The lowest BCUT2D eigenvalue weighted by atomic mass is 10.1. The zero-order valence-corrected chi connectivity index (χ0v) is 17.7. The van der Waals surface area contributed by atoms with Crippen LogP contribution in [0.5, 0.6) is 0 Å². The van der Waals surface area contributed by atoms with Gasteiger partial charge in [-0.2, -0.15) is 0 Å². The average molecular weight is 391 g/mol. The third-order valence-corrected chi connectivity index (χ3v) is 6.02. The van der Waals surface area contributed by atoms with Gasteiger partial charge in [-0.1, -0.05) is 12.8 Å². The van der Waals surface area contributed by atoms with E-state index in [1.807, 2.05) is 32.6 Å².